The van der Waals surface area contributed by atoms with E-state index in [0.717, 1.165) is 0 Å². The molecule has 5 heteroatoms. The number of aromatic nitrogens is 1. The van der Waals surface area contributed by atoms with Crippen LogP contribution in [0.2, 0.25) is 0 Å². The van der Waals surface area contributed by atoms with Crippen molar-refractivity contribution < 1.29 is 18.7 Å². The fourth-order valence-corrected chi connectivity index (χ4v) is 2.17. The molecule has 1 saturated carbocycles. The maximum absolute atomic E-state index is 13.2. The Morgan fingerprint density at radius 2 is 2.26 bits per heavy atom. The molecule has 0 saturated heterocycles. The highest BCUT2D eigenvalue weighted by atomic mass is 19.3. The van der Waals surface area contributed by atoms with Gasteiger partial charge in [0.1, 0.15) is 5.69 Å². The van der Waals surface area contributed by atoms with Crippen LogP contribution in [0, 0.1) is 23.7 Å². The highest BCUT2D eigenvalue weighted by Gasteiger charge is 2.44. The van der Waals surface area contributed by atoms with Crippen molar-refractivity contribution in [2.24, 2.45) is 11.8 Å². The number of carbonyl (C=O) groups is 1. The SMILES string of the molecule is O=C(O)C1CC(F)(F)CCC1C#Cc1ccccn1. The molecule has 2 rings (SSSR count). The number of rotatable bonds is 1. The van der Waals surface area contributed by atoms with Crippen molar-refractivity contribution in [3.63, 3.8) is 0 Å². The van der Waals surface area contributed by atoms with Crippen molar-refractivity contribution in [2.75, 3.05) is 0 Å². The predicted molar refractivity (Wildman–Crippen MR) is 64.5 cm³/mol. The Hall–Kier alpha value is -1.96. The van der Waals surface area contributed by atoms with Crippen molar-refractivity contribution >= 4 is 5.97 Å². The lowest BCUT2D eigenvalue weighted by atomic mass is 9.77. The van der Waals surface area contributed by atoms with Gasteiger partial charge in [-0.3, -0.25) is 4.79 Å². The molecule has 19 heavy (non-hydrogen) atoms. The Morgan fingerprint density at radius 1 is 1.47 bits per heavy atom. The molecule has 0 amide bonds. The van der Waals surface area contributed by atoms with E-state index in [1.165, 1.54) is 0 Å². The third-order valence-electron chi connectivity index (χ3n) is 3.19. The summed E-state index contributed by atoms with van der Waals surface area (Å²) in [7, 11) is 0. The third kappa shape index (κ3) is 3.50. The van der Waals surface area contributed by atoms with Crippen molar-refractivity contribution in [1.82, 2.24) is 4.98 Å². The number of carboxylic acid groups (broad SMARTS) is 1. The maximum Gasteiger partial charge on any atom is 0.307 e. The van der Waals surface area contributed by atoms with E-state index in [1.807, 2.05) is 0 Å². The van der Waals surface area contributed by atoms with E-state index in [2.05, 4.69) is 16.8 Å². The molecular weight excluding hydrogens is 252 g/mol. The highest BCUT2D eigenvalue weighted by Crippen LogP contribution is 2.40. The van der Waals surface area contributed by atoms with Crippen LogP contribution in [0.3, 0.4) is 0 Å². The first-order valence-electron chi connectivity index (χ1n) is 6.01. The van der Waals surface area contributed by atoms with Gasteiger partial charge in [-0.1, -0.05) is 12.0 Å². The molecule has 2 atom stereocenters. The largest absolute Gasteiger partial charge is 0.481 e. The van der Waals surface area contributed by atoms with Crippen LogP contribution in [0.15, 0.2) is 24.4 Å². The summed E-state index contributed by atoms with van der Waals surface area (Å²) in [6.45, 7) is 0. The second kappa shape index (κ2) is 5.35. The number of alkyl halides is 2. The smallest absolute Gasteiger partial charge is 0.307 e. The lowest BCUT2D eigenvalue weighted by molar-refractivity contribution is -0.151. The molecule has 0 aromatic carbocycles. The highest BCUT2D eigenvalue weighted by molar-refractivity contribution is 5.71. The molecule has 1 N–H and O–H groups in total. The predicted octanol–water partition coefficient (Wildman–Crippen LogP) is 2.57. The lowest BCUT2D eigenvalue weighted by Crippen LogP contribution is -2.36. The summed E-state index contributed by atoms with van der Waals surface area (Å²) in [6, 6.07) is 5.20. The molecule has 0 aliphatic heterocycles. The van der Waals surface area contributed by atoms with Gasteiger partial charge >= 0.3 is 5.97 Å². The van der Waals surface area contributed by atoms with Gasteiger partial charge in [-0.25, -0.2) is 13.8 Å². The van der Waals surface area contributed by atoms with Gasteiger partial charge in [0, 0.05) is 25.0 Å². The number of halogens is 2. The van der Waals surface area contributed by atoms with Gasteiger partial charge in [-0.15, -0.1) is 0 Å². The molecule has 0 radical (unpaired) electrons. The van der Waals surface area contributed by atoms with E-state index in [-0.39, 0.29) is 12.8 Å². The zero-order valence-electron chi connectivity index (χ0n) is 10.1. The van der Waals surface area contributed by atoms with E-state index >= 15 is 0 Å². The van der Waals surface area contributed by atoms with Gasteiger partial charge in [0.25, 0.3) is 0 Å². The normalized spacial score (nSPS) is 25.2. The summed E-state index contributed by atoms with van der Waals surface area (Å²) in [5.74, 6) is -0.221. The van der Waals surface area contributed by atoms with Crippen molar-refractivity contribution in [2.45, 2.75) is 25.2 Å². The van der Waals surface area contributed by atoms with Crippen molar-refractivity contribution in [1.29, 1.82) is 0 Å². The number of hydrogen-bond donors (Lipinski definition) is 1. The Balaban J connectivity index is 2.15. The molecule has 1 aliphatic carbocycles. The molecular formula is C14H13F2NO2. The average molecular weight is 265 g/mol. The molecule has 3 nitrogen and oxygen atoms in total. The Bertz CT molecular complexity index is 519. The first-order valence-corrected chi connectivity index (χ1v) is 6.01. The molecule has 1 aromatic heterocycles. The van der Waals surface area contributed by atoms with Crippen LogP contribution in [0.5, 0.6) is 0 Å². The number of hydrogen-bond acceptors (Lipinski definition) is 2. The zero-order chi connectivity index (χ0) is 13.9. The monoisotopic (exact) mass is 265 g/mol. The lowest BCUT2D eigenvalue weighted by Gasteiger charge is -2.30. The number of pyridine rings is 1. The summed E-state index contributed by atoms with van der Waals surface area (Å²) in [5.41, 5.74) is 0.518. The summed E-state index contributed by atoms with van der Waals surface area (Å²) in [4.78, 5) is 15.0. The summed E-state index contributed by atoms with van der Waals surface area (Å²) < 4.78 is 26.5. The summed E-state index contributed by atoms with van der Waals surface area (Å²) in [6.07, 6.45) is 0.736. The molecule has 0 spiro atoms. The Morgan fingerprint density at radius 3 is 2.89 bits per heavy atom. The van der Waals surface area contributed by atoms with Crippen LogP contribution in [0.1, 0.15) is 25.0 Å². The molecule has 100 valence electrons. The van der Waals surface area contributed by atoms with Crippen molar-refractivity contribution in [3.8, 4) is 11.8 Å². The second-order valence-electron chi connectivity index (χ2n) is 4.63. The van der Waals surface area contributed by atoms with Gasteiger partial charge < -0.3 is 5.11 Å². The first-order chi connectivity index (χ1) is 8.98. The van der Waals surface area contributed by atoms with Gasteiger partial charge in [0.05, 0.1) is 5.92 Å². The topological polar surface area (TPSA) is 50.2 Å². The summed E-state index contributed by atoms with van der Waals surface area (Å²) in [5, 5.41) is 9.02. The Kier molecular flexibility index (Phi) is 3.79. The number of nitrogens with zero attached hydrogens (tertiary/aromatic N) is 1. The minimum atomic E-state index is -2.90. The van der Waals surface area contributed by atoms with Crippen LogP contribution in [-0.4, -0.2) is 22.0 Å². The minimum absolute atomic E-state index is 0.101. The molecule has 1 fully saturated rings. The molecule has 0 bridgehead atoms. The summed E-state index contributed by atoms with van der Waals surface area (Å²) >= 11 is 0. The Labute approximate surface area is 109 Å². The molecule has 1 heterocycles. The minimum Gasteiger partial charge on any atom is -0.481 e. The zero-order valence-corrected chi connectivity index (χ0v) is 10.1. The third-order valence-corrected chi connectivity index (χ3v) is 3.19. The molecule has 1 aromatic rings. The van der Waals surface area contributed by atoms with Gasteiger partial charge in [0.15, 0.2) is 0 Å². The first kappa shape index (κ1) is 13.5. The second-order valence-corrected chi connectivity index (χ2v) is 4.63. The van der Waals surface area contributed by atoms with E-state index in [0.29, 0.717) is 5.69 Å². The van der Waals surface area contributed by atoms with Crippen LogP contribution in [0.25, 0.3) is 0 Å². The fourth-order valence-electron chi connectivity index (χ4n) is 2.17. The molecule has 1 aliphatic rings. The van der Waals surface area contributed by atoms with E-state index in [4.69, 9.17) is 5.11 Å². The van der Waals surface area contributed by atoms with Gasteiger partial charge in [-0.2, -0.15) is 0 Å². The maximum atomic E-state index is 13.2. The van der Waals surface area contributed by atoms with Crippen molar-refractivity contribution in [3.05, 3.63) is 30.1 Å². The fraction of sp³-hybridized carbons (Fsp3) is 0.429. The van der Waals surface area contributed by atoms with Crippen LogP contribution in [-0.2, 0) is 4.79 Å². The van der Waals surface area contributed by atoms with E-state index in [1.54, 1.807) is 24.4 Å². The standard InChI is InChI=1S/C14H13F2NO2/c15-14(16)7-6-10(12(9-14)13(18)19)4-5-11-3-1-2-8-17-11/h1-3,8,10,12H,6-7,9H2,(H,18,19). The van der Waals surface area contributed by atoms with Crippen LogP contribution >= 0.6 is 0 Å². The van der Waals surface area contributed by atoms with Crippen LogP contribution in [0.4, 0.5) is 8.78 Å². The number of carboxylic acids is 1. The van der Waals surface area contributed by atoms with E-state index in [9.17, 15) is 13.6 Å². The van der Waals surface area contributed by atoms with Gasteiger partial charge in [0.2, 0.25) is 5.92 Å². The van der Waals surface area contributed by atoms with Gasteiger partial charge in [-0.05, 0) is 24.5 Å². The quantitative estimate of drug-likeness (QED) is 0.794. The van der Waals surface area contributed by atoms with Crippen LogP contribution < -0.4 is 0 Å². The molecule has 2 unspecified atom stereocenters. The van der Waals surface area contributed by atoms with E-state index < -0.39 is 30.1 Å². The average Bonchev–Trinajstić information content (AvgIpc) is 2.37. The number of aliphatic carboxylic acids is 1.